The van der Waals surface area contributed by atoms with Crippen molar-refractivity contribution in [2.45, 2.75) is 46.3 Å². The van der Waals surface area contributed by atoms with E-state index in [4.69, 9.17) is 13.9 Å². The third-order valence-corrected chi connectivity index (χ3v) is 4.77. The number of carbonyl (C=O) groups is 2. The van der Waals surface area contributed by atoms with E-state index in [2.05, 4.69) is 4.57 Å². The lowest BCUT2D eigenvalue weighted by atomic mass is 10.1. The molecule has 0 saturated carbocycles. The van der Waals surface area contributed by atoms with Crippen molar-refractivity contribution in [1.82, 2.24) is 4.57 Å². The van der Waals surface area contributed by atoms with E-state index in [0.717, 1.165) is 43.1 Å². The lowest BCUT2D eigenvalue weighted by Crippen LogP contribution is -2.18. The van der Waals surface area contributed by atoms with Gasteiger partial charge >= 0.3 is 5.97 Å². The average molecular weight is 371 g/mol. The van der Waals surface area contributed by atoms with Gasteiger partial charge < -0.3 is 18.5 Å². The Morgan fingerprint density at radius 2 is 2.11 bits per heavy atom. The molecule has 0 aliphatic carbocycles. The second kappa shape index (κ2) is 8.39. The highest BCUT2D eigenvalue weighted by molar-refractivity contribution is 6.00. The minimum absolute atomic E-state index is 0.200. The molecule has 0 N–H and O–H groups in total. The highest BCUT2D eigenvalue weighted by atomic mass is 16.5. The van der Waals surface area contributed by atoms with Crippen LogP contribution in [0.25, 0.3) is 6.08 Å². The number of ether oxygens (including phenoxy) is 2. The summed E-state index contributed by atoms with van der Waals surface area (Å²) in [5, 5.41) is 0. The van der Waals surface area contributed by atoms with Crippen molar-refractivity contribution in [1.29, 1.82) is 0 Å². The van der Waals surface area contributed by atoms with Crippen molar-refractivity contribution in [3.63, 3.8) is 0 Å². The molecular formula is C21H25NO5. The lowest BCUT2D eigenvalue weighted by Gasteiger charge is -2.14. The predicted molar refractivity (Wildman–Crippen MR) is 101 cm³/mol. The summed E-state index contributed by atoms with van der Waals surface area (Å²) in [7, 11) is 0. The molecule has 0 amide bonds. The maximum atomic E-state index is 12.5. The molecule has 1 atom stereocenters. The summed E-state index contributed by atoms with van der Waals surface area (Å²) < 4.78 is 18.2. The Kier molecular flexibility index (Phi) is 5.96. The number of carbonyl (C=O) groups excluding carboxylic acids is 2. The number of hydrogen-bond donors (Lipinski definition) is 0. The third-order valence-electron chi connectivity index (χ3n) is 4.77. The second-order valence-electron chi connectivity index (χ2n) is 6.84. The van der Waals surface area contributed by atoms with Crippen molar-refractivity contribution >= 4 is 17.8 Å². The van der Waals surface area contributed by atoms with Gasteiger partial charge in [-0.1, -0.05) is 0 Å². The van der Waals surface area contributed by atoms with Crippen LogP contribution in [-0.4, -0.2) is 35.6 Å². The van der Waals surface area contributed by atoms with Crippen molar-refractivity contribution in [2.24, 2.45) is 0 Å². The first-order valence-electron chi connectivity index (χ1n) is 9.17. The Balaban J connectivity index is 1.57. The van der Waals surface area contributed by atoms with Gasteiger partial charge in [-0.3, -0.25) is 4.79 Å². The van der Waals surface area contributed by atoms with E-state index in [0.29, 0.717) is 11.3 Å². The van der Waals surface area contributed by atoms with E-state index >= 15 is 0 Å². The molecule has 1 unspecified atom stereocenters. The number of ketones is 1. The number of esters is 1. The first kappa shape index (κ1) is 19.2. The van der Waals surface area contributed by atoms with E-state index in [-0.39, 0.29) is 18.5 Å². The van der Waals surface area contributed by atoms with Gasteiger partial charge in [-0.2, -0.15) is 0 Å². The van der Waals surface area contributed by atoms with Crippen molar-refractivity contribution < 1.29 is 23.5 Å². The van der Waals surface area contributed by atoms with Gasteiger partial charge in [0.2, 0.25) is 5.78 Å². The van der Waals surface area contributed by atoms with Crippen LogP contribution in [-0.2, 0) is 20.8 Å². The molecule has 6 heteroatoms. The fraction of sp³-hybridized carbons (Fsp3) is 0.429. The molecule has 2 aromatic rings. The highest BCUT2D eigenvalue weighted by Gasteiger charge is 2.21. The molecule has 3 rings (SSSR count). The van der Waals surface area contributed by atoms with E-state index in [9.17, 15) is 9.59 Å². The van der Waals surface area contributed by atoms with E-state index in [1.54, 1.807) is 12.1 Å². The molecule has 144 valence electrons. The highest BCUT2D eigenvalue weighted by Crippen LogP contribution is 2.20. The summed E-state index contributed by atoms with van der Waals surface area (Å²) in [5.41, 5.74) is 2.47. The van der Waals surface area contributed by atoms with Crippen LogP contribution in [0.2, 0.25) is 0 Å². The maximum Gasteiger partial charge on any atom is 0.331 e. The van der Waals surface area contributed by atoms with E-state index in [1.807, 2.05) is 26.8 Å². The quantitative estimate of drug-likeness (QED) is 0.422. The number of hydrogen-bond acceptors (Lipinski definition) is 5. The van der Waals surface area contributed by atoms with Gasteiger partial charge in [-0.25, -0.2) is 4.79 Å². The van der Waals surface area contributed by atoms with Crippen LogP contribution in [0.15, 0.2) is 28.7 Å². The lowest BCUT2D eigenvalue weighted by molar-refractivity contribution is -0.136. The standard InChI is InChI=1S/C21H25NO5/c1-14-11-19(16(3)22(14)12-18-5-4-10-25-18)20(23)13-26-21(24)9-8-17-7-6-15(2)27-17/h6-9,11,18H,4-5,10,12-13H2,1-3H3/b9-8+. The molecule has 0 radical (unpaired) electrons. The molecular weight excluding hydrogens is 346 g/mol. The number of rotatable bonds is 7. The van der Waals surface area contributed by atoms with Crippen molar-refractivity contribution in [2.75, 3.05) is 13.2 Å². The summed E-state index contributed by atoms with van der Waals surface area (Å²) in [6, 6.07) is 5.41. The molecule has 0 aromatic carbocycles. The zero-order valence-corrected chi connectivity index (χ0v) is 16.0. The molecule has 2 aromatic heterocycles. The fourth-order valence-electron chi connectivity index (χ4n) is 3.31. The van der Waals surface area contributed by atoms with E-state index < -0.39 is 5.97 Å². The zero-order valence-electron chi connectivity index (χ0n) is 16.0. The zero-order chi connectivity index (χ0) is 19.4. The topological polar surface area (TPSA) is 70.7 Å². The number of furan rings is 1. The fourth-order valence-corrected chi connectivity index (χ4v) is 3.31. The smallest absolute Gasteiger partial charge is 0.331 e. The van der Waals surface area contributed by atoms with Crippen molar-refractivity contribution in [3.05, 3.63) is 52.7 Å². The minimum Gasteiger partial charge on any atom is -0.462 e. The number of Topliss-reactive ketones (excluding diaryl/α,β-unsaturated/α-hetero) is 1. The Labute approximate surface area is 158 Å². The number of aryl methyl sites for hydroxylation is 2. The van der Waals surface area contributed by atoms with Crippen LogP contribution in [0, 0.1) is 20.8 Å². The molecule has 0 spiro atoms. The molecule has 27 heavy (non-hydrogen) atoms. The van der Waals surface area contributed by atoms with Crippen LogP contribution in [0.4, 0.5) is 0 Å². The normalized spacial score (nSPS) is 16.9. The molecule has 3 heterocycles. The van der Waals surface area contributed by atoms with Crippen LogP contribution in [0.3, 0.4) is 0 Å². The molecule has 1 aliphatic rings. The Hall–Kier alpha value is -2.60. The summed E-state index contributed by atoms with van der Waals surface area (Å²) >= 11 is 0. The molecule has 1 aliphatic heterocycles. The maximum absolute atomic E-state index is 12.5. The van der Waals surface area contributed by atoms with Gasteiger partial charge in [0.25, 0.3) is 0 Å². The van der Waals surface area contributed by atoms with Crippen LogP contribution >= 0.6 is 0 Å². The first-order chi connectivity index (χ1) is 12.9. The summed E-state index contributed by atoms with van der Waals surface area (Å²) in [6.07, 6.45) is 5.10. The van der Waals surface area contributed by atoms with Crippen LogP contribution in [0.1, 0.15) is 46.1 Å². The van der Waals surface area contributed by atoms with Crippen LogP contribution < -0.4 is 0 Å². The Morgan fingerprint density at radius 1 is 1.30 bits per heavy atom. The molecule has 0 bridgehead atoms. The van der Waals surface area contributed by atoms with Crippen LogP contribution in [0.5, 0.6) is 0 Å². The molecule has 1 fully saturated rings. The average Bonchev–Trinajstić information content (AvgIpc) is 3.36. The molecule has 6 nitrogen and oxygen atoms in total. The first-order valence-corrected chi connectivity index (χ1v) is 9.17. The second-order valence-corrected chi connectivity index (χ2v) is 6.84. The SMILES string of the molecule is Cc1ccc(/C=C/C(=O)OCC(=O)c2cc(C)n(CC3CCCO3)c2C)o1. The summed E-state index contributed by atoms with van der Waals surface area (Å²) in [4.78, 5) is 24.3. The van der Waals surface area contributed by atoms with Gasteiger partial charge in [0, 0.05) is 36.2 Å². The van der Waals surface area contributed by atoms with Gasteiger partial charge in [0.15, 0.2) is 6.61 Å². The van der Waals surface area contributed by atoms with Gasteiger partial charge in [-0.15, -0.1) is 0 Å². The van der Waals surface area contributed by atoms with Gasteiger partial charge in [0.1, 0.15) is 11.5 Å². The van der Waals surface area contributed by atoms with E-state index in [1.165, 1.54) is 12.2 Å². The predicted octanol–water partition coefficient (Wildman–Crippen LogP) is 3.62. The number of nitrogens with zero attached hydrogens (tertiary/aromatic N) is 1. The van der Waals surface area contributed by atoms with Crippen molar-refractivity contribution in [3.8, 4) is 0 Å². The largest absolute Gasteiger partial charge is 0.462 e. The third kappa shape index (κ3) is 4.77. The minimum atomic E-state index is -0.578. The summed E-state index contributed by atoms with van der Waals surface area (Å²) in [6.45, 7) is 6.97. The van der Waals surface area contributed by atoms with Gasteiger partial charge in [0.05, 0.1) is 6.10 Å². The summed E-state index contributed by atoms with van der Waals surface area (Å²) in [5.74, 6) is 0.535. The van der Waals surface area contributed by atoms with Gasteiger partial charge in [-0.05, 0) is 57.9 Å². The Bertz CT molecular complexity index is 852. The Morgan fingerprint density at radius 3 is 2.78 bits per heavy atom. The molecule has 1 saturated heterocycles. The number of aromatic nitrogens is 1. The monoisotopic (exact) mass is 371 g/mol.